The molecule has 1 unspecified atom stereocenters. The van der Waals surface area contributed by atoms with Crippen LogP contribution in [0.4, 0.5) is 10.2 Å². The maximum Gasteiger partial charge on any atom is 0.143 e. The molecule has 0 spiro atoms. The van der Waals surface area contributed by atoms with Gasteiger partial charge in [0.15, 0.2) is 0 Å². The number of anilines is 1. The average molecular weight is 333 g/mol. The SMILES string of the molecule is CNc1cccc(-c2nc3ccc(OCC(O)CF)cc3s2)n1. The fourth-order valence-electron chi connectivity index (χ4n) is 2.03. The molecule has 0 saturated carbocycles. The van der Waals surface area contributed by atoms with Gasteiger partial charge in [0.25, 0.3) is 0 Å². The summed E-state index contributed by atoms with van der Waals surface area (Å²) in [5, 5.41) is 13.0. The third-order valence-corrected chi connectivity index (χ3v) is 4.25. The molecule has 2 heterocycles. The normalized spacial score (nSPS) is 12.3. The number of ether oxygens (including phenoxy) is 1. The summed E-state index contributed by atoms with van der Waals surface area (Å²) in [6.07, 6.45) is -1.10. The number of aromatic nitrogens is 2. The lowest BCUT2D eigenvalue weighted by atomic mass is 10.3. The van der Waals surface area contributed by atoms with Gasteiger partial charge < -0.3 is 15.2 Å². The van der Waals surface area contributed by atoms with Gasteiger partial charge >= 0.3 is 0 Å². The van der Waals surface area contributed by atoms with Crippen LogP contribution in [0.15, 0.2) is 36.4 Å². The Kier molecular flexibility index (Phi) is 4.68. The minimum Gasteiger partial charge on any atom is -0.491 e. The first kappa shape index (κ1) is 15.6. The van der Waals surface area contributed by atoms with Crippen molar-refractivity contribution in [3.05, 3.63) is 36.4 Å². The summed E-state index contributed by atoms with van der Waals surface area (Å²) >= 11 is 1.51. The fraction of sp³-hybridized carbons (Fsp3) is 0.250. The van der Waals surface area contributed by atoms with E-state index in [1.807, 2.05) is 37.4 Å². The Bertz CT molecular complexity index is 809. The lowest BCUT2D eigenvalue weighted by molar-refractivity contribution is 0.0842. The molecule has 0 fully saturated rings. The smallest absolute Gasteiger partial charge is 0.143 e. The van der Waals surface area contributed by atoms with Gasteiger partial charge in [0.2, 0.25) is 0 Å². The fourth-order valence-corrected chi connectivity index (χ4v) is 3.00. The Morgan fingerprint density at radius 2 is 2.17 bits per heavy atom. The number of benzene rings is 1. The zero-order valence-corrected chi connectivity index (χ0v) is 13.3. The van der Waals surface area contributed by atoms with Gasteiger partial charge in [0.1, 0.15) is 41.7 Å². The molecule has 1 aromatic carbocycles. The molecule has 5 nitrogen and oxygen atoms in total. The first-order valence-electron chi connectivity index (χ1n) is 7.12. The minimum atomic E-state index is -1.10. The maximum absolute atomic E-state index is 12.2. The van der Waals surface area contributed by atoms with Crippen molar-refractivity contribution in [3.63, 3.8) is 0 Å². The number of halogens is 1. The number of hydrogen-bond donors (Lipinski definition) is 2. The molecule has 1 atom stereocenters. The van der Waals surface area contributed by atoms with Gasteiger partial charge in [-0.15, -0.1) is 11.3 Å². The van der Waals surface area contributed by atoms with E-state index in [2.05, 4.69) is 15.3 Å². The molecule has 0 aliphatic rings. The molecule has 3 rings (SSSR count). The number of aliphatic hydroxyl groups excluding tert-OH is 1. The molecular formula is C16H16FN3O2S. The molecule has 0 aliphatic heterocycles. The van der Waals surface area contributed by atoms with Crippen LogP contribution in [0.2, 0.25) is 0 Å². The summed E-state index contributed by atoms with van der Waals surface area (Å²) in [7, 11) is 1.82. The lowest BCUT2D eigenvalue weighted by Gasteiger charge is -2.08. The van der Waals surface area contributed by atoms with Crippen molar-refractivity contribution in [1.82, 2.24) is 9.97 Å². The van der Waals surface area contributed by atoms with Crippen LogP contribution in [0.3, 0.4) is 0 Å². The van der Waals surface area contributed by atoms with Crippen molar-refractivity contribution < 1.29 is 14.2 Å². The first-order chi connectivity index (χ1) is 11.2. The predicted octanol–water partition coefficient (Wildman–Crippen LogP) is 3.11. The molecule has 0 aliphatic carbocycles. The van der Waals surface area contributed by atoms with Crippen molar-refractivity contribution in [2.45, 2.75) is 6.10 Å². The van der Waals surface area contributed by atoms with Crippen molar-refractivity contribution in [2.24, 2.45) is 0 Å². The zero-order chi connectivity index (χ0) is 16.2. The van der Waals surface area contributed by atoms with Crippen LogP contribution in [0.5, 0.6) is 5.75 Å². The third kappa shape index (κ3) is 3.57. The van der Waals surface area contributed by atoms with Crippen molar-refractivity contribution in [2.75, 3.05) is 25.6 Å². The minimum absolute atomic E-state index is 0.0700. The Hall–Kier alpha value is -2.25. The molecule has 3 aromatic rings. The highest BCUT2D eigenvalue weighted by Gasteiger charge is 2.10. The number of alkyl halides is 1. The molecule has 0 radical (unpaired) electrons. The van der Waals surface area contributed by atoms with E-state index in [0.29, 0.717) is 5.75 Å². The summed E-state index contributed by atoms with van der Waals surface area (Å²) in [6, 6.07) is 11.2. The largest absolute Gasteiger partial charge is 0.491 e. The third-order valence-electron chi connectivity index (χ3n) is 3.20. The Morgan fingerprint density at radius 3 is 2.96 bits per heavy atom. The van der Waals surface area contributed by atoms with Crippen LogP contribution in [-0.4, -0.2) is 41.5 Å². The van der Waals surface area contributed by atoms with Gasteiger partial charge in [0.05, 0.1) is 10.2 Å². The maximum atomic E-state index is 12.2. The number of pyridine rings is 1. The summed E-state index contributed by atoms with van der Waals surface area (Å²) in [6.45, 7) is -0.889. The average Bonchev–Trinajstić information content (AvgIpc) is 3.03. The van der Waals surface area contributed by atoms with E-state index in [4.69, 9.17) is 4.74 Å². The van der Waals surface area contributed by atoms with E-state index >= 15 is 0 Å². The second-order valence-electron chi connectivity index (χ2n) is 4.93. The second-order valence-corrected chi connectivity index (χ2v) is 5.96. The number of thiazole rings is 1. The van der Waals surface area contributed by atoms with E-state index < -0.39 is 12.8 Å². The highest BCUT2D eigenvalue weighted by molar-refractivity contribution is 7.21. The van der Waals surface area contributed by atoms with Crippen LogP contribution < -0.4 is 10.1 Å². The molecule has 120 valence electrons. The monoisotopic (exact) mass is 333 g/mol. The second kappa shape index (κ2) is 6.89. The van der Waals surface area contributed by atoms with E-state index in [1.165, 1.54) is 11.3 Å². The van der Waals surface area contributed by atoms with Crippen LogP contribution in [0.25, 0.3) is 20.9 Å². The Labute approximate surface area is 136 Å². The number of fused-ring (bicyclic) bond motifs is 1. The number of aliphatic hydroxyl groups is 1. The molecule has 23 heavy (non-hydrogen) atoms. The Morgan fingerprint density at radius 1 is 1.30 bits per heavy atom. The van der Waals surface area contributed by atoms with Crippen molar-refractivity contribution >= 4 is 27.4 Å². The zero-order valence-electron chi connectivity index (χ0n) is 12.5. The number of hydrogen-bond acceptors (Lipinski definition) is 6. The molecule has 0 saturated heterocycles. The number of rotatable bonds is 6. The van der Waals surface area contributed by atoms with Crippen LogP contribution in [-0.2, 0) is 0 Å². The molecule has 0 amide bonds. The van der Waals surface area contributed by atoms with Crippen molar-refractivity contribution in [1.29, 1.82) is 0 Å². The summed E-state index contributed by atoms with van der Waals surface area (Å²) in [4.78, 5) is 9.05. The summed E-state index contributed by atoms with van der Waals surface area (Å²) in [5.74, 6) is 1.36. The molecule has 7 heteroatoms. The standard InChI is InChI=1S/C16H16FN3O2S/c1-18-15-4-2-3-13(19-15)16-20-12-6-5-11(7-14(12)23-16)22-9-10(21)8-17/h2-7,10,21H,8-9H2,1H3,(H,18,19). The van der Waals surface area contributed by atoms with E-state index in [9.17, 15) is 9.50 Å². The van der Waals surface area contributed by atoms with Gasteiger partial charge in [-0.25, -0.2) is 14.4 Å². The van der Waals surface area contributed by atoms with E-state index in [-0.39, 0.29) is 6.61 Å². The summed E-state index contributed by atoms with van der Waals surface area (Å²) < 4.78 is 18.6. The molecule has 0 bridgehead atoms. The van der Waals surface area contributed by atoms with Crippen LogP contribution in [0.1, 0.15) is 0 Å². The number of nitrogens with zero attached hydrogens (tertiary/aromatic N) is 2. The van der Waals surface area contributed by atoms with Gasteiger partial charge in [-0.2, -0.15) is 0 Å². The van der Waals surface area contributed by atoms with Crippen LogP contribution >= 0.6 is 11.3 Å². The summed E-state index contributed by atoms with van der Waals surface area (Å²) in [5.41, 5.74) is 1.65. The quantitative estimate of drug-likeness (QED) is 0.725. The van der Waals surface area contributed by atoms with Gasteiger partial charge in [-0.1, -0.05) is 6.07 Å². The predicted molar refractivity (Wildman–Crippen MR) is 89.9 cm³/mol. The molecule has 2 aromatic heterocycles. The lowest BCUT2D eigenvalue weighted by Crippen LogP contribution is -2.19. The number of nitrogens with one attached hydrogen (secondary N) is 1. The Balaban J connectivity index is 1.86. The van der Waals surface area contributed by atoms with E-state index in [1.54, 1.807) is 6.07 Å². The topological polar surface area (TPSA) is 67.3 Å². The van der Waals surface area contributed by atoms with Crippen molar-refractivity contribution in [3.8, 4) is 16.5 Å². The highest BCUT2D eigenvalue weighted by Crippen LogP contribution is 2.31. The first-order valence-corrected chi connectivity index (χ1v) is 7.94. The van der Waals surface area contributed by atoms with Gasteiger partial charge in [0, 0.05) is 7.05 Å². The van der Waals surface area contributed by atoms with Gasteiger partial charge in [-0.3, -0.25) is 0 Å². The molecule has 2 N–H and O–H groups in total. The van der Waals surface area contributed by atoms with E-state index in [0.717, 1.165) is 26.7 Å². The van der Waals surface area contributed by atoms with Gasteiger partial charge in [-0.05, 0) is 30.3 Å². The highest BCUT2D eigenvalue weighted by atomic mass is 32.1. The molecular weight excluding hydrogens is 317 g/mol. The van der Waals surface area contributed by atoms with Crippen LogP contribution in [0, 0.1) is 0 Å².